The molecule has 0 spiro atoms. The fourth-order valence-electron chi connectivity index (χ4n) is 3.42. The zero-order chi connectivity index (χ0) is 20.2. The molecule has 0 fully saturated rings. The smallest absolute Gasteiger partial charge is 0.320 e. The molecule has 0 saturated heterocycles. The van der Waals surface area contributed by atoms with Crippen LogP contribution in [-0.2, 0) is 24.2 Å². The number of nitrogens with zero attached hydrogens (tertiary/aromatic N) is 2. The van der Waals surface area contributed by atoms with Gasteiger partial charge in [0.2, 0.25) is 5.91 Å². The molecular formula is C23H23N3O2S. The highest BCUT2D eigenvalue weighted by Crippen LogP contribution is 2.24. The van der Waals surface area contributed by atoms with Gasteiger partial charge in [0, 0.05) is 36.4 Å². The molecule has 6 heteroatoms. The molecule has 0 aliphatic carbocycles. The molecule has 0 radical (unpaired) electrons. The Hall–Kier alpha value is -3.12. The predicted molar refractivity (Wildman–Crippen MR) is 117 cm³/mol. The monoisotopic (exact) mass is 405 g/mol. The van der Waals surface area contributed by atoms with Gasteiger partial charge in [0.15, 0.2) is 0 Å². The molecule has 0 unspecified atom stereocenters. The summed E-state index contributed by atoms with van der Waals surface area (Å²) in [6.07, 6.45) is 1.23. The molecule has 0 atom stereocenters. The molecule has 29 heavy (non-hydrogen) atoms. The molecule has 1 N–H and O–H groups in total. The Morgan fingerprint density at radius 1 is 1.07 bits per heavy atom. The first-order valence-corrected chi connectivity index (χ1v) is 10.5. The summed E-state index contributed by atoms with van der Waals surface area (Å²) in [5.41, 5.74) is 3.76. The number of hydrogen-bond donors (Lipinski definition) is 1. The second-order valence-corrected chi connectivity index (χ2v) is 8.13. The molecule has 148 valence electrons. The number of likely N-dealkylation sites (N-methyl/N-ethyl adjacent to an activating group) is 1. The quantitative estimate of drug-likeness (QED) is 0.693. The number of fused-ring (bicyclic) bond motifs is 1. The molecular weight excluding hydrogens is 382 g/mol. The Bertz CT molecular complexity index is 998. The molecule has 4 rings (SSSR count). The van der Waals surface area contributed by atoms with E-state index in [-0.39, 0.29) is 11.9 Å². The normalized spacial score (nSPS) is 12.9. The summed E-state index contributed by atoms with van der Waals surface area (Å²) in [4.78, 5) is 29.9. The Labute approximate surface area is 174 Å². The molecule has 1 aliphatic heterocycles. The lowest BCUT2D eigenvalue weighted by Gasteiger charge is -2.27. The van der Waals surface area contributed by atoms with Crippen molar-refractivity contribution in [2.75, 3.05) is 23.8 Å². The summed E-state index contributed by atoms with van der Waals surface area (Å²) >= 11 is 1.76. The van der Waals surface area contributed by atoms with Crippen molar-refractivity contribution in [3.63, 3.8) is 0 Å². The third-order valence-corrected chi connectivity index (χ3v) is 6.20. The summed E-state index contributed by atoms with van der Waals surface area (Å²) in [6, 6.07) is 19.1. The molecule has 3 aromatic rings. The second-order valence-electron chi connectivity index (χ2n) is 7.13. The molecule has 0 bridgehead atoms. The van der Waals surface area contributed by atoms with Crippen molar-refractivity contribution in [1.29, 1.82) is 0 Å². The van der Waals surface area contributed by atoms with Crippen LogP contribution in [-0.4, -0.2) is 30.4 Å². The zero-order valence-electron chi connectivity index (χ0n) is 16.3. The van der Waals surface area contributed by atoms with Crippen molar-refractivity contribution in [3.05, 3.63) is 82.0 Å². The maximum Gasteiger partial charge on any atom is 0.322 e. The van der Waals surface area contributed by atoms with E-state index in [1.807, 2.05) is 59.5 Å². The summed E-state index contributed by atoms with van der Waals surface area (Å²) in [6.45, 7) is 1.39. The molecule has 1 aliphatic rings. The molecule has 1 aromatic heterocycles. The number of para-hydroxylation sites is 1. The molecule has 2 heterocycles. The van der Waals surface area contributed by atoms with E-state index in [0.717, 1.165) is 29.9 Å². The standard InChI is InChI=1S/C23H23N3O2S/c1-25(20-5-3-2-4-6-20)22(27)15-17-7-9-19(10-8-17)24-23(28)26-13-11-21-18(16-26)12-14-29-21/h2-10,12,14H,11,13,15-16H2,1H3,(H,24,28). The van der Waals surface area contributed by atoms with Crippen molar-refractivity contribution in [3.8, 4) is 0 Å². The van der Waals surface area contributed by atoms with Gasteiger partial charge in [0.25, 0.3) is 0 Å². The van der Waals surface area contributed by atoms with Crippen LogP contribution in [0.15, 0.2) is 66.0 Å². The average molecular weight is 406 g/mol. The minimum atomic E-state index is -0.0884. The fourth-order valence-corrected chi connectivity index (χ4v) is 4.31. The van der Waals surface area contributed by atoms with Crippen molar-refractivity contribution in [2.45, 2.75) is 19.4 Å². The SMILES string of the molecule is CN(C(=O)Cc1ccc(NC(=O)N2CCc3sccc3C2)cc1)c1ccccc1. The number of carbonyl (C=O) groups excluding carboxylic acids is 2. The largest absolute Gasteiger partial charge is 0.322 e. The van der Waals surface area contributed by atoms with Gasteiger partial charge in [-0.2, -0.15) is 0 Å². The van der Waals surface area contributed by atoms with Crippen LogP contribution >= 0.6 is 11.3 Å². The van der Waals surface area contributed by atoms with E-state index in [0.29, 0.717) is 13.0 Å². The van der Waals surface area contributed by atoms with Gasteiger partial charge >= 0.3 is 6.03 Å². The van der Waals surface area contributed by atoms with E-state index in [1.54, 1.807) is 23.3 Å². The number of hydrogen-bond acceptors (Lipinski definition) is 3. The van der Waals surface area contributed by atoms with Crippen LogP contribution in [0.5, 0.6) is 0 Å². The minimum Gasteiger partial charge on any atom is -0.320 e. The molecule has 2 aromatic carbocycles. The summed E-state index contributed by atoms with van der Waals surface area (Å²) in [5, 5.41) is 5.04. The first kappa shape index (κ1) is 19.2. The summed E-state index contributed by atoms with van der Waals surface area (Å²) < 4.78 is 0. The highest BCUT2D eigenvalue weighted by Gasteiger charge is 2.21. The first-order valence-electron chi connectivity index (χ1n) is 9.62. The number of amides is 3. The number of carbonyl (C=O) groups is 2. The van der Waals surface area contributed by atoms with Crippen LogP contribution in [0.3, 0.4) is 0 Å². The predicted octanol–water partition coefficient (Wildman–Crippen LogP) is 4.54. The molecule has 5 nitrogen and oxygen atoms in total. The van der Waals surface area contributed by atoms with Crippen LogP contribution in [0.1, 0.15) is 16.0 Å². The van der Waals surface area contributed by atoms with Gasteiger partial charge in [-0.3, -0.25) is 4.79 Å². The maximum atomic E-state index is 12.6. The Balaban J connectivity index is 1.33. The minimum absolute atomic E-state index is 0.0212. The molecule has 0 saturated carbocycles. The van der Waals surface area contributed by atoms with Crippen LogP contribution in [0.2, 0.25) is 0 Å². The van der Waals surface area contributed by atoms with E-state index in [9.17, 15) is 9.59 Å². The Kier molecular flexibility index (Phi) is 5.62. The van der Waals surface area contributed by atoms with Crippen molar-refractivity contribution < 1.29 is 9.59 Å². The van der Waals surface area contributed by atoms with Gasteiger partial charge in [-0.1, -0.05) is 30.3 Å². The van der Waals surface area contributed by atoms with E-state index in [2.05, 4.69) is 16.8 Å². The number of anilines is 2. The topological polar surface area (TPSA) is 52.7 Å². The van der Waals surface area contributed by atoms with Crippen LogP contribution < -0.4 is 10.2 Å². The van der Waals surface area contributed by atoms with E-state index >= 15 is 0 Å². The highest BCUT2D eigenvalue weighted by atomic mass is 32.1. The number of thiophene rings is 1. The summed E-state index contributed by atoms with van der Waals surface area (Å²) in [5.74, 6) is 0.0212. The zero-order valence-corrected chi connectivity index (χ0v) is 17.1. The van der Waals surface area contributed by atoms with E-state index < -0.39 is 0 Å². The third-order valence-electron chi connectivity index (χ3n) is 5.17. The van der Waals surface area contributed by atoms with Crippen LogP contribution in [0, 0.1) is 0 Å². The van der Waals surface area contributed by atoms with Crippen molar-refractivity contribution in [1.82, 2.24) is 4.90 Å². The van der Waals surface area contributed by atoms with Crippen molar-refractivity contribution >= 4 is 34.6 Å². The Morgan fingerprint density at radius 3 is 2.59 bits per heavy atom. The number of benzene rings is 2. The lowest BCUT2D eigenvalue weighted by molar-refractivity contribution is -0.117. The maximum absolute atomic E-state index is 12.6. The molecule has 3 amide bonds. The third kappa shape index (κ3) is 4.49. The first-order chi connectivity index (χ1) is 14.1. The van der Waals surface area contributed by atoms with Gasteiger partial charge in [-0.25, -0.2) is 4.79 Å². The van der Waals surface area contributed by atoms with E-state index in [1.165, 1.54) is 10.4 Å². The van der Waals surface area contributed by atoms with Gasteiger partial charge in [-0.05, 0) is 53.3 Å². The highest BCUT2D eigenvalue weighted by molar-refractivity contribution is 7.10. The van der Waals surface area contributed by atoms with Gasteiger partial charge in [0.05, 0.1) is 6.42 Å². The average Bonchev–Trinajstić information content (AvgIpc) is 3.23. The second kappa shape index (κ2) is 8.49. The summed E-state index contributed by atoms with van der Waals surface area (Å²) in [7, 11) is 1.78. The fraction of sp³-hybridized carbons (Fsp3) is 0.217. The van der Waals surface area contributed by atoms with Gasteiger partial charge < -0.3 is 15.1 Å². The number of nitrogens with one attached hydrogen (secondary N) is 1. The number of urea groups is 1. The van der Waals surface area contributed by atoms with E-state index in [4.69, 9.17) is 0 Å². The van der Waals surface area contributed by atoms with Crippen LogP contribution in [0.25, 0.3) is 0 Å². The van der Waals surface area contributed by atoms with Gasteiger partial charge in [-0.15, -0.1) is 11.3 Å². The van der Waals surface area contributed by atoms with Crippen LogP contribution in [0.4, 0.5) is 16.2 Å². The number of rotatable bonds is 4. The lowest BCUT2D eigenvalue weighted by atomic mass is 10.1. The lowest BCUT2D eigenvalue weighted by Crippen LogP contribution is -2.38. The van der Waals surface area contributed by atoms with Crippen molar-refractivity contribution in [2.24, 2.45) is 0 Å². The Morgan fingerprint density at radius 2 is 1.83 bits per heavy atom. The van der Waals surface area contributed by atoms with Gasteiger partial charge in [0.1, 0.15) is 0 Å².